The third-order valence-corrected chi connectivity index (χ3v) is 3.08. The molecule has 0 bridgehead atoms. The second-order valence-electron chi connectivity index (χ2n) is 4.45. The lowest BCUT2D eigenvalue weighted by Gasteiger charge is -2.09. The van der Waals surface area contributed by atoms with Crippen molar-refractivity contribution >= 4 is 11.6 Å². The molecule has 0 saturated heterocycles. The Bertz CT molecular complexity index is 615. The van der Waals surface area contributed by atoms with Gasteiger partial charge in [0, 0.05) is 23.9 Å². The Morgan fingerprint density at radius 2 is 2.20 bits per heavy atom. The van der Waals surface area contributed by atoms with Gasteiger partial charge in [-0.05, 0) is 26.0 Å². The first-order chi connectivity index (χ1) is 9.52. The lowest BCUT2D eigenvalue weighted by atomic mass is 10.1. The molecule has 0 saturated carbocycles. The Balaban J connectivity index is 2.13. The fraction of sp³-hybridized carbons (Fsp3) is 0.286. The van der Waals surface area contributed by atoms with E-state index < -0.39 is 0 Å². The third kappa shape index (κ3) is 2.74. The number of nitrogen functional groups attached to an aromatic ring is 1. The summed E-state index contributed by atoms with van der Waals surface area (Å²) in [5.41, 5.74) is 8.30. The number of benzene rings is 1. The minimum absolute atomic E-state index is 0.234. The van der Waals surface area contributed by atoms with Gasteiger partial charge < -0.3 is 20.3 Å². The first-order valence-corrected chi connectivity index (χ1v) is 6.16. The zero-order valence-corrected chi connectivity index (χ0v) is 11.7. The average molecular weight is 275 g/mol. The first kappa shape index (κ1) is 13.9. The first-order valence-electron chi connectivity index (χ1n) is 6.16. The number of aromatic nitrogens is 1. The maximum absolute atomic E-state index is 12.2. The van der Waals surface area contributed by atoms with E-state index in [1.807, 2.05) is 13.8 Å². The number of ether oxygens (including phenoxy) is 1. The molecule has 0 radical (unpaired) electrons. The number of aryl methyl sites for hydroxylation is 2. The van der Waals surface area contributed by atoms with Gasteiger partial charge in [-0.15, -0.1) is 0 Å². The summed E-state index contributed by atoms with van der Waals surface area (Å²) in [5, 5.41) is 6.66. The molecule has 20 heavy (non-hydrogen) atoms. The van der Waals surface area contributed by atoms with Crippen molar-refractivity contribution < 1.29 is 14.1 Å². The topological polar surface area (TPSA) is 90.4 Å². The molecule has 0 aliphatic carbocycles. The normalized spacial score (nSPS) is 10.3. The molecule has 1 aromatic carbocycles. The van der Waals surface area contributed by atoms with Gasteiger partial charge in [0.1, 0.15) is 11.5 Å². The van der Waals surface area contributed by atoms with Crippen molar-refractivity contribution in [3.63, 3.8) is 0 Å². The highest BCUT2D eigenvalue weighted by Crippen LogP contribution is 2.21. The molecule has 2 aromatic rings. The molecular weight excluding hydrogens is 258 g/mol. The van der Waals surface area contributed by atoms with Crippen LogP contribution in [-0.4, -0.2) is 18.2 Å². The number of hydrogen-bond donors (Lipinski definition) is 2. The summed E-state index contributed by atoms with van der Waals surface area (Å²) in [5.74, 6) is 0.912. The standard InChI is InChI=1S/C14H17N3O3/c1-8-12(9(2)20-17-8)7-16-14(18)11-5-4-10(15)6-13(11)19-3/h4-6H,7,15H2,1-3H3,(H,16,18). The Labute approximate surface area is 116 Å². The van der Waals surface area contributed by atoms with E-state index in [4.69, 9.17) is 15.0 Å². The summed E-state index contributed by atoms with van der Waals surface area (Å²) in [6.07, 6.45) is 0. The second-order valence-corrected chi connectivity index (χ2v) is 4.45. The van der Waals surface area contributed by atoms with Crippen molar-refractivity contribution in [3.8, 4) is 5.75 Å². The highest BCUT2D eigenvalue weighted by atomic mass is 16.5. The number of anilines is 1. The number of nitrogens with one attached hydrogen (secondary N) is 1. The van der Waals surface area contributed by atoms with Crippen LogP contribution in [0.4, 0.5) is 5.69 Å². The molecule has 0 atom stereocenters. The van der Waals surface area contributed by atoms with Crippen molar-refractivity contribution in [2.24, 2.45) is 0 Å². The van der Waals surface area contributed by atoms with Crippen LogP contribution in [0.1, 0.15) is 27.4 Å². The van der Waals surface area contributed by atoms with Gasteiger partial charge in [-0.3, -0.25) is 4.79 Å². The van der Waals surface area contributed by atoms with E-state index in [-0.39, 0.29) is 5.91 Å². The molecule has 0 aliphatic rings. The molecule has 6 nitrogen and oxygen atoms in total. The number of nitrogens with two attached hydrogens (primary N) is 1. The molecule has 0 spiro atoms. The smallest absolute Gasteiger partial charge is 0.255 e. The number of methoxy groups -OCH3 is 1. The number of hydrogen-bond acceptors (Lipinski definition) is 5. The van der Waals surface area contributed by atoms with Crippen LogP contribution in [0.2, 0.25) is 0 Å². The molecule has 1 aromatic heterocycles. The Hall–Kier alpha value is -2.50. The zero-order valence-electron chi connectivity index (χ0n) is 11.7. The lowest BCUT2D eigenvalue weighted by Crippen LogP contribution is -2.23. The molecule has 0 aliphatic heterocycles. The van der Waals surface area contributed by atoms with Crippen LogP contribution < -0.4 is 15.8 Å². The quantitative estimate of drug-likeness (QED) is 0.830. The van der Waals surface area contributed by atoms with Gasteiger partial charge in [0.15, 0.2) is 0 Å². The maximum atomic E-state index is 12.2. The fourth-order valence-corrected chi connectivity index (χ4v) is 1.91. The summed E-state index contributed by atoms with van der Waals surface area (Å²) in [6, 6.07) is 4.91. The molecule has 0 unspecified atom stereocenters. The summed E-state index contributed by atoms with van der Waals surface area (Å²) in [7, 11) is 1.50. The molecule has 3 N–H and O–H groups in total. The molecule has 1 heterocycles. The molecule has 1 amide bonds. The number of amides is 1. The van der Waals surface area contributed by atoms with Crippen LogP contribution in [0.3, 0.4) is 0 Å². The summed E-state index contributed by atoms with van der Waals surface area (Å²) in [4.78, 5) is 12.2. The summed E-state index contributed by atoms with van der Waals surface area (Å²) in [6.45, 7) is 4.00. The molecule has 6 heteroatoms. The van der Waals surface area contributed by atoms with Crippen LogP contribution in [0.25, 0.3) is 0 Å². The largest absolute Gasteiger partial charge is 0.496 e. The van der Waals surface area contributed by atoms with Gasteiger partial charge in [-0.2, -0.15) is 0 Å². The van der Waals surface area contributed by atoms with Gasteiger partial charge in [0.25, 0.3) is 5.91 Å². The molecule has 0 fully saturated rings. The number of carbonyl (C=O) groups excluding carboxylic acids is 1. The van der Waals surface area contributed by atoms with E-state index >= 15 is 0 Å². The van der Waals surface area contributed by atoms with E-state index in [9.17, 15) is 4.79 Å². The van der Waals surface area contributed by atoms with E-state index in [2.05, 4.69) is 10.5 Å². The van der Waals surface area contributed by atoms with Crippen molar-refractivity contribution in [2.45, 2.75) is 20.4 Å². The molecule has 2 rings (SSSR count). The third-order valence-electron chi connectivity index (χ3n) is 3.08. The Morgan fingerprint density at radius 3 is 2.80 bits per heavy atom. The van der Waals surface area contributed by atoms with Crippen molar-refractivity contribution in [1.29, 1.82) is 0 Å². The maximum Gasteiger partial charge on any atom is 0.255 e. The molecular formula is C14H17N3O3. The minimum Gasteiger partial charge on any atom is -0.496 e. The van der Waals surface area contributed by atoms with E-state index in [0.29, 0.717) is 29.3 Å². The highest BCUT2D eigenvalue weighted by Gasteiger charge is 2.14. The number of rotatable bonds is 4. The predicted octanol–water partition coefficient (Wildman–Crippen LogP) is 1.81. The van der Waals surface area contributed by atoms with Crippen LogP contribution in [-0.2, 0) is 6.54 Å². The van der Waals surface area contributed by atoms with Gasteiger partial charge in [0.05, 0.1) is 18.4 Å². The van der Waals surface area contributed by atoms with Gasteiger partial charge in [-0.25, -0.2) is 0 Å². The van der Waals surface area contributed by atoms with Gasteiger partial charge in [-0.1, -0.05) is 5.16 Å². The van der Waals surface area contributed by atoms with Crippen molar-refractivity contribution in [1.82, 2.24) is 10.5 Å². The van der Waals surface area contributed by atoms with Crippen molar-refractivity contribution in [2.75, 3.05) is 12.8 Å². The van der Waals surface area contributed by atoms with E-state index in [1.165, 1.54) is 7.11 Å². The fourth-order valence-electron chi connectivity index (χ4n) is 1.91. The molecule has 106 valence electrons. The highest BCUT2D eigenvalue weighted by molar-refractivity contribution is 5.97. The monoisotopic (exact) mass is 275 g/mol. The van der Waals surface area contributed by atoms with E-state index in [1.54, 1.807) is 18.2 Å². The Morgan fingerprint density at radius 1 is 1.45 bits per heavy atom. The minimum atomic E-state index is -0.234. The Kier molecular flexibility index (Phi) is 3.93. The van der Waals surface area contributed by atoms with Crippen molar-refractivity contribution in [3.05, 3.63) is 40.8 Å². The predicted molar refractivity (Wildman–Crippen MR) is 74.6 cm³/mol. The SMILES string of the molecule is COc1cc(N)ccc1C(=O)NCc1c(C)noc1C. The number of nitrogens with zero attached hydrogens (tertiary/aromatic N) is 1. The van der Waals surface area contributed by atoms with Crippen LogP contribution in [0.5, 0.6) is 5.75 Å². The lowest BCUT2D eigenvalue weighted by molar-refractivity contribution is 0.0948. The number of carbonyl (C=O) groups is 1. The van der Waals surface area contributed by atoms with Crippen LogP contribution >= 0.6 is 0 Å². The van der Waals surface area contributed by atoms with Gasteiger partial charge >= 0.3 is 0 Å². The van der Waals surface area contributed by atoms with E-state index in [0.717, 1.165) is 11.3 Å². The second kappa shape index (κ2) is 5.64. The zero-order chi connectivity index (χ0) is 14.7. The van der Waals surface area contributed by atoms with Crippen LogP contribution in [0.15, 0.2) is 22.7 Å². The summed E-state index contributed by atoms with van der Waals surface area (Å²) >= 11 is 0. The van der Waals surface area contributed by atoms with Crippen LogP contribution in [0, 0.1) is 13.8 Å². The average Bonchev–Trinajstić information content (AvgIpc) is 2.75. The van der Waals surface area contributed by atoms with Gasteiger partial charge in [0.2, 0.25) is 0 Å². The summed E-state index contributed by atoms with van der Waals surface area (Å²) < 4.78 is 10.2.